The van der Waals surface area contributed by atoms with E-state index in [1.54, 1.807) is 0 Å². The summed E-state index contributed by atoms with van der Waals surface area (Å²) in [6.07, 6.45) is 0. The van der Waals surface area contributed by atoms with Gasteiger partial charge in [0.05, 0.1) is 0 Å². The van der Waals surface area contributed by atoms with Gasteiger partial charge in [-0.2, -0.15) is 0 Å². The van der Waals surface area contributed by atoms with E-state index < -0.39 is 0 Å². The molecule has 7 N–H and O–H groups in total. The number of aromatic amines is 1. The smallest absolute Gasteiger partial charge is 0.219 e. The van der Waals surface area contributed by atoms with Gasteiger partial charge in [0.25, 0.3) is 0 Å². The molecule has 0 bridgehead atoms. The van der Waals surface area contributed by atoms with Crippen molar-refractivity contribution in [2.45, 2.75) is 0 Å². The molecule has 0 aliphatic heterocycles. The van der Waals surface area contributed by atoms with Crippen LogP contribution in [0, 0.1) is 5.41 Å². The van der Waals surface area contributed by atoms with Gasteiger partial charge in [0.1, 0.15) is 0 Å². The number of anilines is 2. The van der Waals surface area contributed by atoms with E-state index in [-0.39, 0.29) is 17.3 Å². The molecule has 0 aliphatic rings. The van der Waals surface area contributed by atoms with Crippen LogP contribution in [-0.2, 0) is 0 Å². The van der Waals surface area contributed by atoms with E-state index >= 15 is 0 Å². The summed E-state index contributed by atoms with van der Waals surface area (Å²) in [5.74, 6) is 5.22. The van der Waals surface area contributed by atoms with Gasteiger partial charge in [0.2, 0.25) is 11.8 Å². The van der Waals surface area contributed by atoms with Crippen LogP contribution in [0.1, 0.15) is 0 Å². The lowest BCUT2D eigenvalue weighted by atomic mass is 10.7. The van der Waals surface area contributed by atoms with Crippen molar-refractivity contribution in [1.29, 1.82) is 5.41 Å². The van der Waals surface area contributed by atoms with Crippen LogP contribution < -0.4 is 22.5 Å². The highest BCUT2D eigenvalue weighted by Gasteiger charge is 1.94. The first-order chi connectivity index (χ1) is 4.74. The van der Waals surface area contributed by atoms with Crippen LogP contribution in [0.4, 0.5) is 11.8 Å². The second-order valence-electron chi connectivity index (χ2n) is 1.58. The number of aromatic nitrogens is 3. The first-order valence-corrected chi connectivity index (χ1v) is 2.47. The zero-order valence-corrected chi connectivity index (χ0v) is 5.05. The van der Waals surface area contributed by atoms with Crippen molar-refractivity contribution < 1.29 is 0 Å². The van der Waals surface area contributed by atoms with Gasteiger partial charge < -0.3 is 16.1 Å². The number of hydrazine groups is 1. The molecule has 0 amide bonds. The highest BCUT2D eigenvalue weighted by Crippen LogP contribution is 1.85. The molecule has 0 atom stereocenters. The Labute approximate surface area is 55.9 Å². The van der Waals surface area contributed by atoms with Gasteiger partial charge in [-0.1, -0.05) is 0 Å². The molecule has 1 aromatic rings. The van der Waals surface area contributed by atoms with Gasteiger partial charge in [-0.25, -0.2) is 5.84 Å². The Hall–Kier alpha value is -1.63. The molecule has 0 unspecified atom stereocenters. The van der Waals surface area contributed by atoms with Crippen LogP contribution in [0.3, 0.4) is 0 Å². The summed E-state index contributed by atoms with van der Waals surface area (Å²) in [5.41, 5.74) is 7.35. The summed E-state index contributed by atoms with van der Waals surface area (Å²) < 4.78 is 0. The number of nitrogen functional groups attached to an aromatic ring is 2. The number of nitrogens with one attached hydrogen (secondary N) is 3. The minimum Gasteiger partial charge on any atom is -0.368 e. The number of H-pyrrole nitrogens is 1. The molecule has 0 aromatic carbocycles. The van der Waals surface area contributed by atoms with E-state index in [0.717, 1.165) is 0 Å². The van der Waals surface area contributed by atoms with Gasteiger partial charge in [-0.05, 0) is 0 Å². The van der Waals surface area contributed by atoms with Crippen molar-refractivity contribution in [1.82, 2.24) is 15.2 Å². The number of nitrogens with zero attached hydrogens (tertiary/aromatic N) is 2. The Morgan fingerprint density at radius 1 is 1.50 bits per heavy atom. The normalized spacial score (nSPS) is 9.30. The Morgan fingerprint density at radius 3 is 2.70 bits per heavy atom. The second-order valence-corrected chi connectivity index (χ2v) is 1.58. The maximum Gasteiger partial charge on any atom is 0.219 e. The number of hydrogen-bond donors (Lipinski definition) is 5. The molecule has 1 aromatic heterocycles. The van der Waals surface area contributed by atoms with E-state index in [9.17, 15) is 0 Å². The number of nitrogens with two attached hydrogens (primary N) is 2. The minimum atomic E-state index is 0.00926. The van der Waals surface area contributed by atoms with E-state index in [1.807, 2.05) is 0 Å². The van der Waals surface area contributed by atoms with Crippen molar-refractivity contribution in [2.75, 3.05) is 11.2 Å². The molecule has 0 spiro atoms. The summed E-state index contributed by atoms with van der Waals surface area (Å²) in [5, 5.41) is 14.0. The Balaban J connectivity index is 3.20. The quantitative estimate of drug-likeness (QED) is 0.231. The zero-order valence-electron chi connectivity index (χ0n) is 5.05. The van der Waals surface area contributed by atoms with Gasteiger partial charge in [-0.3, -0.25) is 5.41 Å². The van der Waals surface area contributed by atoms with Crippen molar-refractivity contribution in [3.05, 3.63) is 5.49 Å². The molecule has 10 heavy (non-hydrogen) atoms. The maximum atomic E-state index is 7.13. The lowest BCUT2D eigenvalue weighted by Gasteiger charge is -1.96. The fraction of sp³-hybridized carbons (Fsp3) is 0. The average Bonchev–Trinajstić information content (AvgIpc) is 1.88. The third-order valence-electron chi connectivity index (χ3n) is 0.884. The lowest BCUT2D eigenvalue weighted by molar-refractivity contribution is 0.922. The Kier molecular flexibility index (Phi) is 1.50. The molecule has 7 heteroatoms. The summed E-state index contributed by atoms with van der Waals surface area (Å²) >= 11 is 0. The largest absolute Gasteiger partial charge is 0.368 e. The number of rotatable bonds is 1. The molecule has 0 fully saturated rings. The van der Waals surface area contributed by atoms with Crippen molar-refractivity contribution in [3.8, 4) is 0 Å². The lowest BCUT2D eigenvalue weighted by Crippen LogP contribution is -2.22. The SMILES string of the molecule is N=c1[nH]c(N)nnc1NN. The topological polar surface area (TPSA) is 129 Å². The molecule has 0 saturated carbocycles. The van der Waals surface area contributed by atoms with E-state index in [0.29, 0.717) is 0 Å². The molecule has 1 rings (SSSR count). The molecule has 1 heterocycles. The van der Waals surface area contributed by atoms with E-state index in [4.69, 9.17) is 17.0 Å². The molecule has 0 radical (unpaired) electrons. The highest BCUT2D eigenvalue weighted by molar-refractivity contribution is 5.28. The van der Waals surface area contributed by atoms with Crippen LogP contribution in [0.15, 0.2) is 0 Å². The maximum absolute atomic E-state index is 7.13. The summed E-state index contributed by atoms with van der Waals surface area (Å²) in [7, 11) is 0. The predicted molar refractivity (Wildman–Crippen MR) is 34.5 cm³/mol. The number of hydrogen-bond acceptors (Lipinski definition) is 6. The van der Waals surface area contributed by atoms with Gasteiger partial charge in [0, 0.05) is 0 Å². The van der Waals surface area contributed by atoms with Crippen molar-refractivity contribution >= 4 is 11.8 Å². The standard InChI is InChI=1S/C3H7N7/c4-1-2(8-6)9-10-3(5)7-1/h6H2,(H,8,9)(H4,4,5,7,10). The summed E-state index contributed by atoms with van der Waals surface area (Å²) in [6.45, 7) is 0. The Bertz CT molecular complexity index is 274. The fourth-order valence-corrected chi connectivity index (χ4v) is 0.467. The van der Waals surface area contributed by atoms with Gasteiger partial charge in [-0.15, -0.1) is 10.2 Å². The first kappa shape index (κ1) is 6.49. The predicted octanol–water partition coefficient (Wildman–Crippen LogP) is -1.85. The first-order valence-electron chi connectivity index (χ1n) is 2.47. The minimum absolute atomic E-state index is 0.00926. The summed E-state index contributed by atoms with van der Waals surface area (Å²) in [4.78, 5) is 2.42. The van der Waals surface area contributed by atoms with Crippen LogP contribution in [0.25, 0.3) is 0 Å². The van der Waals surface area contributed by atoms with E-state index in [1.165, 1.54) is 0 Å². The third-order valence-corrected chi connectivity index (χ3v) is 0.884. The van der Waals surface area contributed by atoms with Crippen LogP contribution in [-0.4, -0.2) is 15.2 Å². The molecular weight excluding hydrogens is 134 g/mol. The van der Waals surface area contributed by atoms with Gasteiger partial charge >= 0.3 is 0 Å². The third kappa shape index (κ3) is 1.03. The molecule has 0 saturated heterocycles. The van der Waals surface area contributed by atoms with Crippen LogP contribution in [0.2, 0.25) is 0 Å². The van der Waals surface area contributed by atoms with Crippen LogP contribution in [0.5, 0.6) is 0 Å². The fourth-order valence-electron chi connectivity index (χ4n) is 0.467. The van der Waals surface area contributed by atoms with Crippen molar-refractivity contribution in [3.63, 3.8) is 0 Å². The molecule has 54 valence electrons. The average molecular weight is 141 g/mol. The molecular formula is C3H7N7. The zero-order chi connectivity index (χ0) is 7.56. The highest BCUT2D eigenvalue weighted by atomic mass is 15.3. The molecule has 7 nitrogen and oxygen atoms in total. The van der Waals surface area contributed by atoms with Crippen molar-refractivity contribution in [2.24, 2.45) is 5.84 Å². The van der Waals surface area contributed by atoms with Crippen LogP contribution >= 0.6 is 0 Å². The summed E-state index contributed by atoms with van der Waals surface area (Å²) in [6, 6.07) is 0. The van der Waals surface area contributed by atoms with E-state index in [2.05, 4.69) is 20.6 Å². The Morgan fingerprint density at radius 2 is 2.20 bits per heavy atom. The molecule has 0 aliphatic carbocycles. The monoisotopic (exact) mass is 141 g/mol. The second kappa shape index (κ2) is 2.31. The van der Waals surface area contributed by atoms with Gasteiger partial charge in [0.15, 0.2) is 5.49 Å².